The van der Waals surface area contributed by atoms with E-state index in [1.165, 1.54) is 66.4 Å². The zero-order valence-electron chi connectivity index (χ0n) is 27.5. The van der Waals surface area contributed by atoms with Gasteiger partial charge in [-0.25, -0.2) is 11.3 Å². The van der Waals surface area contributed by atoms with Crippen molar-refractivity contribution in [1.29, 1.82) is 0 Å². The Labute approximate surface area is 285 Å². The molecule has 0 nitrogen and oxygen atoms in total. The van der Waals surface area contributed by atoms with Gasteiger partial charge in [-0.2, -0.15) is 29.8 Å². The van der Waals surface area contributed by atoms with Gasteiger partial charge in [-0.3, -0.25) is 6.08 Å². The number of halogens is 2. The van der Waals surface area contributed by atoms with Crippen molar-refractivity contribution < 1.29 is 24.2 Å². The second kappa shape index (κ2) is 15.6. The minimum atomic E-state index is -1.02. The molecule has 4 heteroatoms. The summed E-state index contributed by atoms with van der Waals surface area (Å²) in [4.78, 5) is 0. The zero-order chi connectivity index (χ0) is 29.9. The first kappa shape index (κ1) is 38.7. The monoisotopic (exact) mass is 694 g/mol. The summed E-state index contributed by atoms with van der Waals surface area (Å²) in [6.45, 7) is 25.1. The van der Waals surface area contributed by atoms with Crippen molar-refractivity contribution >= 4 is 36.1 Å². The van der Waals surface area contributed by atoms with Gasteiger partial charge in [-0.05, 0) is 36.5 Å². The molecule has 0 bridgehead atoms. The van der Waals surface area contributed by atoms with Gasteiger partial charge in [-0.1, -0.05) is 97.8 Å². The van der Waals surface area contributed by atoms with Crippen LogP contribution in [0.5, 0.6) is 0 Å². The average Bonchev–Trinajstić information content (AvgIpc) is 3.47. The number of rotatable bonds is 2. The summed E-state index contributed by atoms with van der Waals surface area (Å²) >= 11 is 1.51. The van der Waals surface area contributed by atoms with E-state index in [1.807, 2.05) is 6.07 Å². The molecule has 3 aromatic carbocycles. The second-order valence-corrected chi connectivity index (χ2v) is 21.2. The van der Waals surface area contributed by atoms with Gasteiger partial charge in [-0.15, -0.1) is 35.9 Å². The van der Waals surface area contributed by atoms with Crippen LogP contribution in [0.25, 0.3) is 11.1 Å². The molecule has 0 saturated carbocycles. The molecule has 0 aliphatic heterocycles. The van der Waals surface area contributed by atoms with Gasteiger partial charge in [0.2, 0.25) is 0 Å². The molecule has 0 N–H and O–H groups in total. The van der Waals surface area contributed by atoms with Crippen molar-refractivity contribution in [2.24, 2.45) is 5.92 Å². The molecule has 0 fully saturated rings. The van der Waals surface area contributed by atoms with Crippen molar-refractivity contribution in [2.75, 3.05) is 0 Å². The average molecular weight is 697 g/mol. The molecule has 1 atom stereocenters. The maximum atomic E-state index is 3.67. The van der Waals surface area contributed by atoms with Crippen LogP contribution in [0.2, 0.25) is 19.6 Å². The molecule has 42 heavy (non-hydrogen) atoms. The van der Waals surface area contributed by atoms with E-state index in [0.29, 0.717) is 5.92 Å². The molecule has 1 unspecified atom stereocenters. The van der Waals surface area contributed by atoms with Gasteiger partial charge in [0.25, 0.3) is 0 Å². The fourth-order valence-electron chi connectivity index (χ4n) is 4.77. The Morgan fingerprint density at radius 3 is 1.86 bits per heavy atom. The third-order valence-corrected chi connectivity index (χ3v) is 10.2. The molecule has 0 saturated heterocycles. The van der Waals surface area contributed by atoms with Gasteiger partial charge in [0.05, 0.1) is 0 Å². The molecule has 224 valence electrons. The predicted octanol–water partition coefficient (Wildman–Crippen LogP) is 11.1. The van der Waals surface area contributed by atoms with Crippen LogP contribution in [0.1, 0.15) is 83.2 Å². The summed E-state index contributed by atoms with van der Waals surface area (Å²) in [5.41, 5.74) is 10.1. The van der Waals surface area contributed by atoms with E-state index < -0.39 is 8.07 Å². The van der Waals surface area contributed by atoms with Gasteiger partial charge in [0.15, 0.2) is 0 Å². The van der Waals surface area contributed by atoms with E-state index in [1.54, 1.807) is 5.20 Å². The summed E-state index contributed by atoms with van der Waals surface area (Å²) in [6.07, 6.45) is 8.84. The molecule has 2 aliphatic carbocycles. The topological polar surface area (TPSA) is 0 Å². The maximum absolute atomic E-state index is 3.67. The largest absolute Gasteiger partial charge is 0.147 e. The maximum Gasteiger partial charge on any atom is -0.147 e. The van der Waals surface area contributed by atoms with Gasteiger partial charge < -0.3 is 0 Å². The molecule has 0 radical (unpaired) electrons. The normalized spacial score (nSPS) is 15.0. The van der Waals surface area contributed by atoms with E-state index >= 15 is 0 Å². The van der Waals surface area contributed by atoms with Crippen molar-refractivity contribution in [2.45, 2.75) is 92.3 Å². The van der Waals surface area contributed by atoms with E-state index in [-0.39, 0.29) is 35.6 Å². The molecule has 0 amide bonds. The predicted molar refractivity (Wildman–Crippen MR) is 190 cm³/mol. The molecule has 0 heterocycles. The Bertz CT molecular complexity index is 1340. The summed E-state index contributed by atoms with van der Waals surface area (Å²) in [5, 5.41) is 1.56. The van der Waals surface area contributed by atoms with Crippen molar-refractivity contribution in [3.05, 3.63) is 118 Å². The van der Waals surface area contributed by atoms with Crippen LogP contribution < -0.4 is 0 Å². The number of hydrogen-bond donors (Lipinski definition) is 0. The number of fused-ring (bicyclic) bond motifs is 3. The Balaban J connectivity index is 0.000000353. The summed E-state index contributed by atoms with van der Waals surface area (Å²) < 4.78 is 1.46. The molecular formula is C38H50Cl2SiZr. The Morgan fingerprint density at radius 2 is 1.43 bits per heavy atom. The third-order valence-electron chi connectivity index (χ3n) is 7.47. The first-order valence-electron chi connectivity index (χ1n) is 14.6. The Kier molecular flexibility index (Phi) is 14.4. The van der Waals surface area contributed by atoms with E-state index in [0.717, 1.165) is 6.42 Å². The van der Waals surface area contributed by atoms with Crippen LogP contribution in [-0.4, -0.2) is 11.3 Å². The standard InChI is InChI=1S/C21H25.C9H15Si.C8H8.2ClH.Zr/c1-20(2,3)16-7-9-18-14(12-16)11-15-13-17(21(4,5)6)8-10-19(15)18;1-8-5-6-9(7-8)10(2,3)4;1-2-8-6-4-3-5-7-8;;;/h7-10,12H,11H2,1-6H3;6-8H,1-4H3;3-7H,1H3;2*1H;/q2*-1;;;;+2. The number of allylic oxidation sites excluding steroid dienone is 4. The number of hydrogen-bond acceptors (Lipinski definition) is 0. The van der Waals surface area contributed by atoms with Gasteiger partial charge >= 0.3 is 70.3 Å². The van der Waals surface area contributed by atoms with Crippen molar-refractivity contribution in [1.82, 2.24) is 0 Å². The van der Waals surface area contributed by atoms with Crippen molar-refractivity contribution in [3.63, 3.8) is 0 Å². The summed E-state index contributed by atoms with van der Waals surface area (Å²) in [5.74, 6) is 0.557. The Morgan fingerprint density at radius 1 is 0.833 bits per heavy atom. The Hall–Kier alpha value is -1.31. The van der Waals surface area contributed by atoms with E-state index in [2.05, 4.69) is 154 Å². The second-order valence-electron chi connectivity index (χ2n) is 14.3. The quantitative estimate of drug-likeness (QED) is 0.145. The SMILES string of the molecule is CC(C)(C)c1[c-]c2c(cc1)-c1ccc(C(C)(C)C)cc1C2.CC1[C-]=CC([Si](C)(C)C)=C1.C[C](=[Zr+2])c1ccccc1.Cl.Cl. The molecule has 3 aromatic rings. The van der Waals surface area contributed by atoms with Crippen LogP contribution in [0.3, 0.4) is 0 Å². The van der Waals surface area contributed by atoms with E-state index in [9.17, 15) is 0 Å². The molecular weight excluding hydrogens is 647 g/mol. The minimum Gasteiger partial charge on any atom is -0.147 e. The first-order valence-corrected chi connectivity index (χ1v) is 19.3. The van der Waals surface area contributed by atoms with Crippen LogP contribution in [-0.2, 0) is 41.5 Å². The molecule has 2 aliphatic rings. The van der Waals surface area contributed by atoms with Crippen LogP contribution in [0, 0.1) is 18.1 Å². The van der Waals surface area contributed by atoms with Crippen LogP contribution in [0.4, 0.5) is 0 Å². The first-order chi connectivity index (χ1) is 18.5. The molecule has 0 spiro atoms. The molecule has 5 rings (SSSR count). The van der Waals surface area contributed by atoms with Crippen molar-refractivity contribution in [3.8, 4) is 11.1 Å². The summed E-state index contributed by atoms with van der Waals surface area (Å²) in [7, 11) is -1.02. The minimum absolute atomic E-state index is 0. The molecule has 0 aromatic heterocycles. The third kappa shape index (κ3) is 10.7. The van der Waals surface area contributed by atoms with Gasteiger partial charge in [0.1, 0.15) is 0 Å². The van der Waals surface area contributed by atoms with Crippen LogP contribution >= 0.6 is 24.8 Å². The number of benzene rings is 3. The van der Waals surface area contributed by atoms with Crippen LogP contribution in [0.15, 0.2) is 78.0 Å². The van der Waals surface area contributed by atoms with E-state index in [4.69, 9.17) is 0 Å². The fourth-order valence-corrected chi connectivity index (χ4v) is 6.45. The smallest absolute Gasteiger partial charge is 0.147 e. The summed E-state index contributed by atoms with van der Waals surface area (Å²) in [6, 6.07) is 25.6. The van der Waals surface area contributed by atoms with Gasteiger partial charge in [0, 0.05) is 0 Å². The zero-order valence-corrected chi connectivity index (χ0v) is 32.6. The fraction of sp³-hybridized carbons (Fsp3) is 0.395.